The van der Waals surface area contributed by atoms with E-state index < -0.39 is 6.97 Å². The summed E-state index contributed by atoms with van der Waals surface area (Å²) < 4.78 is 43.6. The molecule has 0 radical (unpaired) electrons. The molecular formula is C87H71BF2N2. The van der Waals surface area contributed by atoms with Crippen molar-refractivity contribution in [2.75, 3.05) is 0 Å². The summed E-state index contributed by atoms with van der Waals surface area (Å²) in [6, 6.07) is 89.8. The molecule has 446 valence electrons. The molecule has 11 aromatic rings. The molecule has 0 bridgehead atoms. The van der Waals surface area contributed by atoms with Crippen molar-refractivity contribution in [3.8, 4) is 69.0 Å². The summed E-state index contributed by atoms with van der Waals surface area (Å²) in [6.07, 6.45) is 9.98. The van der Waals surface area contributed by atoms with Gasteiger partial charge in [-0.1, -0.05) is 258 Å². The van der Waals surface area contributed by atoms with Gasteiger partial charge < -0.3 is 17.6 Å². The fraction of sp³-hybridized carbons (Fsp3) is 0.138. The number of allylic oxidation sites excluding steroid dienone is 2. The first-order valence-electron chi connectivity index (χ1n) is 32.6. The lowest BCUT2D eigenvalue weighted by Gasteiger charge is -2.35. The summed E-state index contributed by atoms with van der Waals surface area (Å²) in [5.74, 6) is 20.6. The van der Waals surface area contributed by atoms with Crippen LogP contribution in [-0.2, 0) is 19.3 Å². The Hall–Kier alpha value is -10.8. The van der Waals surface area contributed by atoms with E-state index in [0.717, 1.165) is 119 Å². The smallest absolute Gasteiger partial charge is 0.389 e. The van der Waals surface area contributed by atoms with Crippen molar-refractivity contribution in [1.82, 2.24) is 4.48 Å². The third-order valence-corrected chi connectivity index (χ3v) is 17.6. The normalized spacial score (nSPS) is 12.9. The van der Waals surface area contributed by atoms with Crippen molar-refractivity contribution in [3.63, 3.8) is 0 Å². The SMILES string of the molecule is CCCCc1ccc(C#Cc2ccc(C3=C(c4ccccc4)C(c4ccccc4)=[N+]4C3=C(c3ccc(C#Cc5ccc(CCCC)cc5)cc3)c3c(-c5ccc(C#Cc6ccc(CCCC)cc6)cc5)c(-c5ccccc5)c(-c5ccccc5)n3[B-]4(F)F)cc2)cc1. The van der Waals surface area contributed by atoms with Crippen LogP contribution < -0.4 is 0 Å². The number of rotatable bonds is 16. The van der Waals surface area contributed by atoms with Crippen molar-refractivity contribution in [1.29, 1.82) is 0 Å². The molecule has 0 unspecified atom stereocenters. The van der Waals surface area contributed by atoms with Crippen LogP contribution in [0.1, 0.15) is 137 Å². The summed E-state index contributed by atoms with van der Waals surface area (Å²) >= 11 is 0. The maximum atomic E-state index is 20.4. The van der Waals surface area contributed by atoms with E-state index >= 15 is 8.63 Å². The van der Waals surface area contributed by atoms with Crippen LogP contribution in [0.3, 0.4) is 0 Å². The molecule has 10 aromatic carbocycles. The lowest BCUT2D eigenvalue weighted by atomic mass is 9.81. The molecule has 0 saturated heterocycles. The molecule has 0 spiro atoms. The monoisotopic (exact) mass is 1190 g/mol. The van der Waals surface area contributed by atoms with E-state index in [0.29, 0.717) is 61.8 Å². The largest absolute Gasteiger partial charge is 0.738 e. The second-order valence-electron chi connectivity index (χ2n) is 23.9. The van der Waals surface area contributed by atoms with E-state index in [-0.39, 0.29) is 0 Å². The van der Waals surface area contributed by atoms with Gasteiger partial charge >= 0.3 is 6.97 Å². The number of hydrogen-bond acceptors (Lipinski definition) is 0. The van der Waals surface area contributed by atoms with Crippen LogP contribution in [0.4, 0.5) is 8.63 Å². The van der Waals surface area contributed by atoms with Crippen molar-refractivity contribution >= 4 is 29.4 Å². The molecule has 5 heteroatoms. The highest BCUT2D eigenvalue weighted by molar-refractivity contribution is 6.61. The molecule has 0 fully saturated rings. The summed E-state index contributed by atoms with van der Waals surface area (Å²) in [5, 5.41) is 0. The summed E-state index contributed by atoms with van der Waals surface area (Å²) in [4.78, 5) is 0. The lowest BCUT2D eigenvalue weighted by Crippen LogP contribution is -2.52. The van der Waals surface area contributed by atoms with Gasteiger partial charge in [-0.25, -0.2) is 0 Å². The summed E-state index contributed by atoms with van der Waals surface area (Å²) in [5.41, 5.74) is 19.5. The van der Waals surface area contributed by atoms with E-state index in [9.17, 15) is 0 Å². The zero-order valence-corrected chi connectivity index (χ0v) is 52.5. The maximum Gasteiger partial charge on any atom is 0.738 e. The Morgan fingerprint density at radius 2 is 0.598 bits per heavy atom. The molecule has 0 saturated carbocycles. The van der Waals surface area contributed by atoms with Gasteiger partial charge in [0.05, 0.1) is 16.7 Å². The van der Waals surface area contributed by atoms with E-state index in [4.69, 9.17) is 0 Å². The molecule has 0 aliphatic carbocycles. The van der Waals surface area contributed by atoms with E-state index in [1.165, 1.54) is 25.7 Å². The number of aryl methyl sites for hydroxylation is 3. The van der Waals surface area contributed by atoms with Gasteiger partial charge in [0, 0.05) is 61.5 Å². The number of benzene rings is 10. The van der Waals surface area contributed by atoms with Crippen LogP contribution in [0.2, 0.25) is 0 Å². The van der Waals surface area contributed by atoms with Gasteiger partial charge in [-0.2, -0.15) is 0 Å². The Bertz CT molecular complexity index is 4740. The average molecular weight is 1190 g/mol. The Morgan fingerprint density at radius 3 is 0.978 bits per heavy atom. The number of fused-ring (bicyclic) bond motifs is 2. The zero-order valence-electron chi connectivity index (χ0n) is 52.5. The third kappa shape index (κ3) is 12.6. The van der Waals surface area contributed by atoms with Gasteiger partial charge in [0.2, 0.25) is 0 Å². The molecule has 2 nitrogen and oxygen atoms in total. The van der Waals surface area contributed by atoms with Gasteiger partial charge in [0.15, 0.2) is 11.4 Å². The lowest BCUT2D eigenvalue weighted by molar-refractivity contribution is -0.358. The highest BCUT2D eigenvalue weighted by Crippen LogP contribution is 2.57. The second-order valence-corrected chi connectivity index (χ2v) is 23.9. The van der Waals surface area contributed by atoms with Crippen LogP contribution >= 0.6 is 0 Å². The Kier molecular flexibility index (Phi) is 18.0. The first-order valence-corrected chi connectivity index (χ1v) is 32.6. The minimum Gasteiger partial charge on any atom is -0.389 e. The second kappa shape index (κ2) is 27.5. The molecule has 0 amide bonds. The van der Waals surface area contributed by atoms with Gasteiger partial charge in [0.25, 0.3) is 0 Å². The molecule has 92 heavy (non-hydrogen) atoms. The minimum absolute atomic E-state index is 0.408. The minimum atomic E-state index is -4.81. The van der Waals surface area contributed by atoms with Gasteiger partial charge in [-0.15, -0.1) is 0 Å². The highest BCUT2D eigenvalue weighted by Gasteiger charge is 2.60. The molecule has 0 atom stereocenters. The number of unbranched alkanes of at least 4 members (excludes halogenated alkanes) is 3. The van der Waals surface area contributed by atoms with Crippen LogP contribution in [0.5, 0.6) is 0 Å². The van der Waals surface area contributed by atoms with E-state index in [1.807, 2.05) is 158 Å². The molecule has 1 aromatic heterocycles. The number of nitrogens with zero attached hydrogens (tertiary/aromatic N) is 2. The predicted molar refractivity (Wildman–Crippen MR) is 380 cm³/mol. The fourth-order valence-corrected chi connectivity index (χ4v) is 12.9. The van der Waals surface area contributed by atoms with Crippen LogP contribution in [0, 0.1) is 35.5 Å². The number of halogens is 2. The molecule has 3 heterocycles. The predicted octanol–water partition coefficient (Wildman–Crippen LogP) is 20.8. The standard InChI is InChI=1S/C87H71BF2N2/c1-4-7-22-63-33-39-66(40-34-63)45-48-69-51-57-74(58-52-69)81-79(72-25-14-10-15-26-72)84(77-29-18-12-19-30-77)91-86(81)83(76-61-55-71(56-62-76)50-47-68-43-37-65(38-44-68)24-9-6-3)87-82(75-59-53-70(54-60-75)49-46-67-41-35-64(36-42-67)23-8-5-2)80(73-27-16-11-17-28-73)85(92(87)88(91,89)90)78-31-20-13-21-32-78/h10-21,25-44,51-62H,4-9,22-24H2,1-3H3. The van der Waals surface area contributed by atoms with E-state index in [1.54, 1.807) is 0 Å². The molecule has 2 aliphatic rings. The first-order chi connectivity index (χ1) is 45.3. The van der Waals surface area contributed by atoms with Crippen LogP contribution in [-0.4, -0.2) is 21.6 Å². The van der Waals surface area contributed by atoms with Crippen molar-refractivity contribution in [2.45, 2.75) is 78.6 Å². The third-order valence-electron chi connectivity index (χ3n) is 17.6. The number of hydrogen-bond donors (Lipinski definition) is 0. The zero-order chi connectivity index (χ0) is 62.8. The molecule has 2 aliphatic heterocycles. The van der Waals surface area contributed by atoms with E-state index in [2.05, 4.69) is 165 Å². The first kappa shape index (κ1) is 60.2. The summed E-state index contributed by atoms with van der Waals surface area (Å²) in [7, 11) is 0. The quantitative estimate of drug-likeness (QED) is 0.0673. The Morgan fingerprint density at radius 1 is 0.304 bits per heavy atom. The van der Waals surface area contributed by atoms with Crippen LogP contribution in [0.25, 0.3) is 50.2 Å². The van der Waals surface area contributed by atoms with Gasteiger partial charge in [0.1, 0.15) is 0 Å². The van der Waals surface area contributed by atoms with Crippen LogP contribution in [0.15, 0.2) is 273 Å². The van der Waals surface area contributed by atoms with Gasteiger partial charge in [-0.05, 0) is 174 Å². The van der Waals surface area contributed by atoms with Crippen molar-refractivity contribution < 1.29 is 13.1 Å². The molecule has 0 N–H and O–H groups in total. The van der Waals surface area contributed by atoms with Gasteiger partial charge in [-0.3, -0.25) is 0 Å². The fourth-order valence-electron chi connectivity index (χ4n) is 12.9. The Labute approximate surface area is 542 Å². The molecular weight excluding hydrogens is 1120 g/mol. The molecule has 13 rings (SSSR count). The Balaban J connectivity index is 1.09. The maximum absolute atomic E-state index is 20.4. The summed E-state index contributed by atoms with van der Waals surface area (Å²) in [6.45, 7) is 1.83. The topological polar surface area (TPSA) is 7.94 Å². The van der Waals surface area contributed by atoms with Crippen molar-refractivity contribution in [3.05, 3.63) is 351 Å². The number of aromatic nitrogens is 1. The van der Waals surface area contributed by atoms with Crippen molar-refractivity contribution in [2.24, 2.45) is 0 Å². The average Bonchev–Trinajstić information content (AvgIpc) is 1.50. The highest BCUT2D eigenvalue weighted by atomic mass is 19.2.